The number of carbonyl (C=O) groups excluding carboxylic acids is 3. The number of hydrogen-bond donors (Lipinski definition) is 3. The fourth-order valence-corrected chi connectivity index (χ4v) is 2.92. The number of thiophene rings is 1. The topological polar surface area (TPSA) is 101 Å². The van der Waals surface area contributed by atoms with Crippen LogP contribution < -0.4 is 16.4 Å². The number of hydrogen-bond acceptors (Lipinski definition) is 4. The molecule has 6 nitrogen and oxygen atoms in total. The molecule has 136 valence electrons. The lowest BCUT2D eigenvalue weighted by molar-refractivity contribution is 0.0997. The molecular weight excluding hydrogens is 369 g/mol. The number of nitrogens with one attached hydrogen (secondary N) is 2. The summed E-state index contributed by atoms with van der Waals surface area (Å²) in [6, 6.07) is 13.2. The molecule has 0 saturated heterocycles. The van der Waals surface area contributed by atoms with Crippen molar-refractivity contribution in [3.63, 3.8) is 0 Å². The summed E-state index contributed by atoms with van der Waals surface area (Å²) in [7, 11) is 0. The largest absolute Gasteiger partial charge is 0.366 e. The highest BCUT2D eigenvalue weighted by Crippen LogP contribution is 2.19. The highest BCUT2D eigenvalue weighted by Gasteiger charge is 2.13. The maximum atomic E-state index is 14.0. The Labute approximate surface area is 157 Å². The van der Waals surface area contributed by atoms with Crippen LogP contribution in [0.2, 0.25) is 0 Å². The first kappa shape index (κ1) is 18.3. The maximum absolute atomic E-state index is 14.0. The van der Waals surface area contributed by atoms with E-state index in [1.807, 2.05) is 0 Å². The van der Waals surface area contributed by atoms with Gasteiger partial charge in [0, 0.05) is 16.8 Å². The van der Waals surface area contributed by atoms with Crippen LogP contribution in [0.4, 0.5) is 15.8 Å². The van der Waals surface area contributed by atoms with Gasteiger partial charge in [0.2, 0.25) is 5.91 Å². The molecule has 3 amide bonds. The lowest BCUT2D eigenvalue weighted by Crippen LogP contribution is -2.16. The first-order chi connectivity index (χ1) is 12.9. The van der Waals surface area contributed by atoms with Gasteiger partial charge in [-0.15, -0.1) is 11.3 Å². The van der Waals surface area contributed by atoms with E-state index in [1.54, 1.807) is 29.6 Å². The minimum absolute atomic E-state index is 0.00351. The summed E-state index contributed by atoms with van der Waals surface area (Å²) in [6.07, 6.45) is 0. The van der Waals surface area contributed by atoms with Crippen molar-refractivity contribution in [2.75, 3.05) is 10.6 Å². The number of primary amides is 1. The van der Waals surface area contributed by atoms with E-state index < -0.39 is 17.6 Å². The van der Waals surface area contributed by atoms with Crippen LogP contribution in [-0.2, 0) is 0 Å². The molecule has 0 aliphatic carbocycles. The van der Waals surface area contributed by atoms with E-state index in [-0.39, 0.29) is 22.7 Å². The number of nitrogens with two attached hydrogens (primary N) is 1. The number of amides is 3. The molecule has 0 atom stereocenters. The van der Waals surface area contributed by atoms with Crippen LogP contribution in [0.5, 0.6) is 0 Å². The van der Waals surface area contributed by atoms with Crippen molar-refractivity contribution < 1.29 is 18.8 Å². The van der Waals surface area contributed by atoms with Crippen LogP contribution in [0.25, 0.3) is 0 Å². The third kappa shape index (κ3) is 4.36. The van der Waals surface area contributed by atoms with E-state index in [1.165, 1.54) is 35.6 Å². The molecule has 0 bridgehead atoms. The molecule has 0 fully saturated rings. The number of carbonyl (C=O) groups is 3. The lowest BCUT2D eigenvalue weighted by atomic mass is 10.1. The maximum Gasteiger partial charge on any atom is 0.265 e. The van der Waals surface area contributed by atoms with Gasteiger partial charge in [0.05, 0.1) is 10.6 Å². The van der Waals surface area contributed by atoms with Gasteiger partial charge in [-0.05, 0) is 47.8 Å². The van der Waals surface area contributed by atoms with E-state index in [0.29, 0.717) is 10.6 Å². The molecule has 0 spiro atoms. The highest BCUT2D eigenvalue weighted by molar-refractivity contribution is 7.12. The van der Waals surface area contributed by atoms with E-state index in [0.717, 1.165) is 6.07 Å². The van der Waals surface area contributed by atoms with E-state index in [2.05, 4.69) is 10.6 Å². The Kier molecular flexibility index (Phi) is 5.28. The van der Waals surface area contributed by atoms with E-state index in [9.17, 15) is 18.8 Å². The molecule has 1 aromatic heterocycles. The lowest BCUT2D eigenvalue weighted by Gasteiger charge is -2.09. The molecule has 1 heterocycles. The Balaban J connectivity index is 1.74. The van der Waals surface area contributed by atoms with Gasteiger partial charge < -0.3 is 16.4 Å². The van der Waals surface area contributed by atoms with Gasteiger partial charge in [-0.25, -0.2) is 4.39 Å². The highest BCUT2D eigenvalue weighted by atomic mass is 32.1. The van der Waals surface area contributed by atoms with Gasteiger partial charge >= 0.3 is 0 Å². The second-order valence-corrected chi connectivity index (χ2v) is 6.47. The van der Waals surface area contributed by atoms with Crippen LogP contribution >= 0.6 is 11.3 Å². The molecule has 4 N–H and O–H groups in total. The standard InChI is InChI=1S/C19H14FN3O3S/c20-14-10-11(17(21)24)6-7-15(14)23-18(25)12-3-1-4-13(9-12)22-19(26)16-5-2-8-27-16/h1-10H,(H2,21,24)(H,22,26)(H,23,25). The normalized spacial score (nSPS) is 10.3. The van der Waals surface area contributed by atoms with Gasteiger partial charge in [0.25, 0.3) is 11.8 Å². The third-order valence-corrected chi connectivity index (χ3v) is 4.50. The van der Waals surface area contributed by atoms with Crippen molar-refractivity contribution in [1.82, 2.24) is 0 Å². The average Bonchev–Trinajstić information content (AvgIpc) is 3.18. The van der Waals surface area contributed by atoms with Crippen LogP contribution in [0.3, 0.4) is 0 Å². The summed E-state index contributed by atoms with van der Waals surface area (Å²) in [5, 5.41) is 6.91. The summed E-state index contributed by atoms with van der Waals surface area (Å²) in [5.41, 5.74) is 5.68. The Hall–Kier alpha value is -3.52. The van der Waals surface area contributed by atoms with E-state index >= 15 is 0 Å². The van der Waals surface area contributed by atoms with Crippen LogP contribution in [-0.4, -0.2) is 17.7 Å². The Morgan fingerprint density at radius 2 is 1.70 bits per heavy atom. The Bertz CT molecular complexity index is 1020. The monoisotopic (exact) mass is 383 g/mol. The molecule has 0 aliphatic rings. The summed E-state index contributed by atoms with van der Waals surface area (Å²) < 4.78 is 14.0. The molecule has 27 heavy (non-hydrogen) atoms. The van der Waals surface area contributed by atoms with E-state index in [4.69, 9.17) is 5.73 Å². The van der Waals surface area contributed by atoms with Crippen molar-refractivity contribution in [2.45, 2.75) is 0 Å². The zero-order chi connectivity index (χ0) is 19.4. The van der Waals surface area contributed by atoms with Crippen molar-refractivity contribution in [3.8, 4) is 0 Å². The summed E-state index contributed by atoms with van der Waals surface area (Å²) in [4.78, 5) is 36.1. The Morgan fingerprint density at radius 3 is 2.37 bits per heavy atom. The third-order valence-electron chi connectivity index (χ3n) is 3.63. The average molecular weight is 383 g/mol. The quantitative estimate of drug-likeness (QED) is 0.628. The molecule has 0 unspecified atom stereocenters. The van der Waals surface area contributed by atoms with Gasteiger partial charge in [0.1, 0.15) is 5.82 Å². The SMILES string of the molecule is NC(=O)c1ccc(NC(=O)c2cccc(NC(=O)c3cccs3)c2)c(F)c1. The van der Waals surface area contributed by atoms with Gasteiger partial charge in [-0.2, -0.15) is 0 Å². The van der Waals surface area contributed by atoms with Gasteiger partial charge in [-0.1, -0.05) is 12.1 Å². The van der Waals surface area contributed by atoms with Crippen LogP contribution in [0.1, 0.15) is 30.4 Å². The zero-order valence-electron chi connectivity index (χ0n) is 13.9. The second-order valence-electron chi connectivity index (χ2n) is 5.53. The number of anilines is 2. The fraction of sp³-hybridized carbons (Fsp3) is 0. The van der Waals surface area contributed by atoms with Crippen molar-refractivity contribution in [3.05, 3.63) is 81.8 Å². The molecule has 0 aliphatic heterocycles. The van der Waals surface area contributed by atoms with Crippen molar-refractivity contribution in [1.29, 1.82) is 0 Å². The van der Waals surface area contributed by atoms with Gasteiger partial charge in [0.15, 0.2) is 0 Å². The molecule has 8 heteroatoms. The number of rotatable bonds is 5. The fourth-order valence-electron chi connectivity index (χ4n) is 2.30. The minimum atomic E-state index is -0.776. The summed E-state index contributed by atoms with van der Waals surface area (Å²) >= 11 is 1.30. The number of halogens is 1. The molecular formula is C19H14FN3O3S. The molecule has 0 saturated carbocycles. The van der Waals surface area contributed by atoms with Crippen LogP contribution in [0.15, 0.2) is 60.0 Å². The first-order valence-electron chi connectivity index (χ1n) is 7.79. The van der Waals surface area contributed by atoms with Crippen molar-refractivity contribution in [2.24, 2.45) is 5.73 Å². The molecule has 2 aromatic carbocycles. The number of benzene rings is 2. The summed E-state index contributed by atoms with van der Waals surface area (Å²) in [6.45, 7) is 0. The minimum Gasteiger partial charge on any atom is -0.366 e. The van der Waals surface area contributed by atoms with Gasteiger partial charge in [-0.3, -0.25) is 14.4 Å². The Morgan fingerprint density at radius 1 is 0.889 bits per heavy atom. The molecule has 0 radical (unpaired) electrons. The predicted molar refractivity (Wildman–Crippen MR) is 102 cm³/mol. The van der Waals surface area contributed by atoms with Crippen molar-refractivity contribution >= 4 is 40.4 Å². The summed E-state index contributed by atoms with van der Waals surface area (Å²) in [5.74, 6) is -2.38. The smallest absolute Gasteiger partial charge is 0.265 e. The first-order valence-corrected chi connectivity index (χ1v) is 8.67. The molecule has 3 aromatic rings. The van der Waals surface area contributed by atoms with Crippen LogP contribution in [0, 0.1) is 5.82 Å². The second kappa shape index (κ2) is 7.79. The zero-order valence-corrected chi connectivity index (χ0v) is 14.7. The molecule has 3 rings (SSSR count). The predicted octanol–water partition coefficient (Wildman–Crippen LogP) is 3.49.